The number of nitrogens with one attached hydrogen (secondary N) is 1. The largest absolute Gasteiger partial charge is 0.324 e. The van der Waals surface area contributed by atoms with E-state index >= 15 is 0 Å². The van der Waals surface area contributed by atoms with Crippen LogP contribution in [0.2, 0.25) is 5.02 Å². The minimum absolute atomic E-state index is 0.207. The van der Waals surface area contributed by atoms with Gasteiger partial charge in [0, 0.05) is 17.1 Å². The summed E-state index contributed by atoms with van der Waals surface area (Å²) in [6.45, 7) is 0. The molecule has 0 spiro atoms. The van der Waals surface area contributed by atoms with Gasteiger partial charge < -0.3 is 5.32 Å². The van der Waals surface area contributed by atoms with Crippen LogP contribution in [0, 0.1) is 0 Å². The van der Waals surface area contributed by atoms with Gasteiger partial charge in [0.15, 0.2) is 0 Å². The van der Waals surface area contributed by atoms with Crippen molar-refractivity contribution in [3.05, 3.63) is 101 Å². The molecule has 6 heteroatoms. The summed E-state index contributed by atoms with van der Waals surface area (Å²) in [6.07, 6.45) is 0.207. The summed E-state index contributed by atoms with van der Waals surface area (Å²) in [6, 6.07) is 21.6. The number of halogens is 1. The van der Waals surface area contributed by atoms with Gasteiger partial charge in [-0.05, 0) is 35.9 Å². The number of imide groups is 1. The standard InChI is InChI=1S/C23H17ClN2O3/c24-16-9-6-10-17(14-16)25-21(27)20(13-15-7-2-1-3-8-15)26-22(28)18-11-4-5-12-19(18)23(26)29/h1-12,14,20H,13H2,(H,25,27)/t20-/m1/s1. The number of carbonyl (C=O) groups excluding carboxylic acids is 3. The van der Waals surface area contributed by atoms with Gasteiger partial charge in [0.25, 0.3) is 11.8 Å². The lowest BCUT2D eigenvalue weighted by atomic mass is 10.0. The zero-order chi connectivity index (χ0) is 20.4. The van der Waals surface area contributed by atoms with Gasteiger partial charge in [0.2, 0.25) is 5.91 Å². The maximum Gasteiger partial charge on any atom is 0.262 e. The monoisotopic (exact) mass is 404 g/mol. The molecule has 5 nitrogen and oxygen atoms in total. The first-order chi connectivity index (χ1) is 14.0. The predicted octanol–water partition coefficient (Wildman–Crippen LogP) is 4.19. The van der Waals surface area contributed by atoms with Crippen LogP contribution in [0.15, 0.2) is 78.9 Å². The molecule has 1 N–H and O–H groups in total. The predicted molar refractivity (Wildman–Crippen MR) is 111 cm³/mol. The molecule has 0 radical (unpaired) electrons. The third-order valence-electron chi connectivity index (χ3n) is 4.80. The van der Waals surface area contributed by atoms with Gasteiger partial charge in [0.1, 0.15) is 6.04 Å². The second-order valence-corrected chi connectivity index (χ2v) is 7.17. The average molecular weight is 405 g/mol. The fraction of sp³-hybridized carbons (Fsp3) is 0.0870. The summed E-state index contributed by atoms with van der Waals surface area (Å²) in [5.74, 6) is -1.38. The molecular formula is C23H17ClN2O3. The van der Waals surface area contributed by atoms with Crippen LogP contribution in [0.4, 0.5) is 5.69 Å². The van der Waals surface area contributed by atoms with Crippen LogP contribution in [0.1, 0.15) is 26.3 Å². The number of hydrogen-bond donors (Lipinski definition) is 1. The van der Waals surface area contributed by atoms with Gasteiger partial charge in [-0.1, -0.05) is 60.1 Å². The number of rotatable bonds is 5. The van der Waals surface area contributed by atoms with E-state index in [1.54, 1.807) is 48.5 Å². The van der Waals surface area contributed by atoms with Crippen LogP contribution >= 0.6 is 11.6 Å². The van der Waals surface area contributed by atoms with E-state index in [-0.39, 0.29) is 6.42 Å². The molecule has 0 saturated heterocycles. The SMILES string of the molecule is O=C(Nc1cccc(Cl)c1)[C@@H](Cc1ccccc1)N1C(=O)c2ccccc2C1=O. The number of benzene rings is 3. The van der Waals surface area contributed by atoms with Crippen molar-refractivity contribution in [2.45, 2.75) is 12.5 Å². The lowest BCUT2D eigenvalue weighted by molar-refractivity contribution is -0.119. The van der Waals surface area contributed by atoms with Crippen LogP contribution in [0.3, 0.4) is 0 Å². The molecule has 3 aromatic rings. The highest BCUT2D eigenvalue weighted by molar-refractivity contribution is 6.31. The Morgan fingerprint density at radius 3 is 2.10 bits per heavy atom. The van der Waals surface area contributed by atoms with E-state index < -0.39 is 23.8 Å². The Morgan fingerprint density at radius 1 is 0.862 bits per heavy atom. The van der Waals surface area contributed by atoms with Crippen molar-refractivity contribution in [3.63, 3.8) is 0 Å². The number of anilines is 1. The summed E-state index contributed by atoms with van der Waals surface area (Å²) < 4.78 is 0. The molecule has 0 aliphatic carbocycles. The zero-order valence-corrected chi connectivity index (χ0v) is 16.1. The molecule has 0 bridgehead atoms. The van der Waals surface area contributed by atoms with E-state index in [0.717, 1.165) is 10.5 Å². The fourth-order valence-electron chi connectivity index (χ4n) is 3.42. The van der Waals surface area contributed by atoms with E-state index in [9.17, 15) is 14.4 Å². The first-order valence-corrected chi connectivity index (χ1v) is 9.49. The van der Waals surface area contributed by atoms with Crippen molar-refractivity contribution < 1.29 is 14.4 Å². The molecule has 1 aliphatic heterocycles. The van der Waals surface area contributed by atoms with E-state index in [0.29, 0.717) is 21.8 Å². The average Bonchev–Trinajstić information content (AvgIpc) is 2.98. The smallest absolute Gasteiger partial charge is 0.262 e. The molecule has 3 amide bonds. The van der Waals surface area contributed by atoms with E-state index in [1.807, 2.05) is 30.3 Å². The number of amides is 3. The molecule has 0 fully saturated rings. The summed E-state index contributed by atoms with van der Waals surface area (Å²) in [5, 5.41) is 3.25. The Hall–Kier alpha value is -3.44. The number of hydrogen-bond acceptors (Lipinski definition) is 3. The molecule has 0 unspecified atom stereocenters. The maximum absolute atomic E-state index is 13.2. The van der Waals surface area contributed by atoms with Crippen molar-refractivity contribution in [1.82, 2.24) is 4.90 Å². The van der Waals surface area contributed by atoms with Crippen LogP contribution < -0.4 is 5.32 Å². The highest BCUT2D eigenvalue weighted by Crippen LogP contribution is 2.27. The molecule has 3 aromatic carbocycles. The maximum atomic E-state index is 13.2. The van der Waals surface area contributed by atoms with E-state index in [4.69, 9.17) is 11.6 Å². The second kappa shape index (κ2) is 7.89. The van der Waals surface area contributed by atoms with Crippen molar-refractivity contribution >= 4 is 35.0 Å². The van der Waals surface area contributed by atoms with Gasteiger partial charge in [-0.25, -0.2) is 0 Å². The van der Waals surface area contributed by atoms with Gasteiger partial charge in [-0.3, -0.25) is 19.3 Å². The summed E-state index contributed by atoms with van der Waals surface area (Å²) >= 11 is 6.00. The van der Waals surface area contributed by atoms with Crippen LogP contribution in [0.5, 0.6) is 0 Å². The molecule has 0 saturated carbocycles. The van der Waals surface area contributed by atoms with Crippen molar-refractivity contribution in [3.8, 4) is 0 Å². The van der Waals surface area contributed by atoms with Gasteiger partial charge in [-0.2, -0.15) is 0 Å². The third kappa shape index (κ3) is 3.77. The summed E-state index contributed by atoms with van der Waals surface area (Å²) in [5.41, 5.74) is 1.96. The molecule has 1 atom stereocenters. The van der Waals surface area contributed by atoms with E-state index in [1.165, 1.54) is 0 Å². The van der Waals surface area contributed by atoms with Crippen molar-refractivity contribution in [1.29, 1.82) is 0 Å². The number of nitrogens with zero attached hydrogens (tertiary/aromatic N) is 1. The van der Waals surface area contributed by atoms with Crippen LogP contribution in [-0.4, -0.2) is 28.7 Å². The van der Waals surface area contributed by atoms with E-state index in [2.05, 4.69) is 5.32 Å². The third-order valence-corrected chi connectivity index (χ3v) is 5.04. The van der Waals surface area contributed by atoms with Gasteiger partial charge >= 0.3 is 0 Å². The fourth-order valence-corrected chi connectivity index (χ4v) is 3.61. The van der Waals surface area contributed by atoms with Crippen LogP contribution in [0.25, 0.3) is 0 Å². The van der Waals surface area contributed by atoms with Crippen molar-refractivity contribution in [2.75, 3.05) is 5.32 Å². The molecule has 1 heterocycles. The molecule has 1 aliphatic rings. The molecule has 144 valence electrons. The number of fused-ring (bicyclic) bond motifs is 1. The topological polar surface area (TPSA) is 66.5 Å². The van der Waals surface area contributed by atoms with Gasteiger partial charge in [-0.15, -0.1) is 0 Å². The molecule has 0 aromatic heterocycles. The first kappa shape index (κ1) is 18.9. The number of carbonyl (C=O) groups is 3. The molecule has 29 heavy (non-hydrogen) atoms. The minimum atomic E-state index is -0.996. The van der Waals surface area contributed by atoms with Gasteiger partial charge in [0.05, 0.1) is 11.1 Å². The van der Waals surface area contributed by atoms with Crippen molar-refractivity contribution in [2.24, 2.45) is 0 Å². The Kier molecular flexibility index (Phi) is 5.14. The Balaban J connectivity index is 1.68. The minimum Gasteiger partial charge on any atom is -0.324 e. The highest BCUT2D eigenvalue weighted by atomic mass is 35.5. The lowest BCUT2D eigenvalue weighted by Gasteiger charge is -2.25. The summed E-state index contributed by atoms with van der Waals surface area (Å²) in [4.78, 5) is 40.1. The normalized spacial score (nSPS) is 13.9. The lowest BCUT2D eigenvalue weighted by Crippen LogP contribution is -2.48. The molecule has 4 rings (SSSR count). The second-order valence-electron chi connectivity index (χ2n) is 6.73. The summed E-state index contributed by atoms with van der Waals surface area (Å²) in [7, 11) is 0. The first-order valence-electron chi connectivity index (χ1n) is 9.12. The Morgan fingerprint density at radius 2 is 1.48 bits per heavy atom. The highest BCUT2D eigenvalue weighted by Gasteiger charge is 2.42. The molecular weight excluding hydrogens is 388 g/mol. The Bertz CT molecular complexity index is 1060. The van der Waals surface area contributed by atoms with Crippen LogP contribution in [-0.2, 0) is 11.2 Å². The zero-order valence-electron chi connectivity index (χ0n) is 15.3. The Labute approximate surface area is 172 Å². The quantitative estimate of drug-likeness (QED) is 0.648.